The van der Waals surface area contributed by atoms with Crippen LogP contribution in [0.5, 0.6) is 11.5 Å². The van der Waals surface area contributed by atoms with E-state index >= 15 is 0 Å². The number of H-pyrrole nitrogens is 1. The number of benzene rings is 2. The molecule has 0 spiro atoms. The Bertz CT molecular complexity index is 828. The van der Waals surface area contributed by atoms with E-state index in [2.05, 4.69) is 31.2 Å². The Kier molecular flexibility index (Phi) is 5.60. The molecule has 3 aromatic rings. The monoisotopic (exact) mass is 403 g/mol. The Labute approximate surface area is 155 Å². The van der Waals surface area contributed by atoms with E-state index < -0.39 is 0 Å². The van der Waals surface area contributed by atoms with E-state index in [1.807, 2.05) is 50.2 Å². The van der Waals surface area contributed by atoms with Crippen molar-refractivity contribution in [2.24, 2.45) is 0 Å². The molecular formula is C19H22BrN3O2. The van der Waals surface area contributed by atoms with Crippen LogP contribution < -0.4 is 14.8 Å². The van der Waals surface area contributed by atoms with Gasteiger partial charge in [-0.25, -0.2) is 4.98 Å². The average Bonchev–Trinajstić information content (AvgIpc) is 2.99. The van der Waals surface area contributed by atoms with Crippen LogP contribution in [0.3, 0.4) is 0 Å². The Morgan fingerprint density at radius 1 is 1.16 bits per heavy atom. The van der Waals surface area contributed by atoms with Gasteiger partial charge in [-0.1, -0.05) is 28.1 Å². The summed E-state index contributed by atoms with van der Waals surface area (Å²) < 4.78 is 12.2. The van der Waals surface area contributed by atoms with Gasteiger partial charge in [0.1, 0.15) is 5.82 Å². The van der Waals surface area contributed by atoms with Crippen LogP contribution in [0.1, 0.15) is 25.2 Å². The predicted octanol–water partition coefficient (Wildman–Crippen LogP) is 4.41. The van der Waals surface area contributed by atoms with Crippen molar-refractivity contribution in [3.8, 4) is 11.5 Å². The quantitative estimate of drug-likeness (QED) is 0.613. The second-order valence-corrected chi connectivity index (χ2v) is 6.92. The van der Waals surface area contributed by atoms with Gasteiger partial charge in [-0.3, -0.25) is 0 Å². The van der Waals surface area contributed by atoms with Crippen molar-refractivity contribution in [3.63, 3.8) is 0 Å². The van der Waals surface area contributed by atoms with Crippen LogP contribution in [0.15, 0.2) is 40.9 Å². The van der Waals surface area contributed by atoms with Crippen molar-refractivity contribution in [1.82, 2.24) is 15.3 Å². The van der Waals surface area contributed by atoms with E-state index in [1.165, 1.54) is 0 Å². The third-order valence-electron chi connectivity index (χ3n) is 3.74. The average molecular weight is 404 g/mol. The van der Waals surface area contributed by atoms with E-state index in [4.69, 9.17) is 9.47 Å². The van der Waals surface area contributed by atoms with Crippen molar-refractivity contribution in [3.05, 3.63) is 52.3 Å². The second kappa shape index (κ2) is 7.89. The molecule has 132 valence electrons. The highest BCUT2D eigenvalue weighted by Gasteiger charge is 2.12. The molecule has 25 heavy (non-hydrogen) atoms. The number of imidazole rings is 1. The van der Waals surface area contributed by atoms with Gasteiger partial charge in [-0.15, -0.1) is 0 Å². The van der Waals surface area contributed by atoms with Crippen molar-refractivity contribution >= 4 is 27.0 Å². The van der Waals surface area contributed by atoms with Gasteiger partial charge in [0.25, 0.3) is 0 Å². The van der Waals surface area contributed by atoms with Gasteiger partial charge in [0.05, 0.1) is 30.8 Å². The zero-order valence-corrected chi connectivity index (χ0v) is 16.2. The first-order valence-electron chi connectivity index (χ1n) is 8.24. The van der Waals surface area contributed by atoms with Gasteiger partial charge in [-0.2, -0.15) is 0 Å². The lowest BCUT2D eigenvalue weighted by Gasteiger charge is -2.16. The van der Waals surface area contributed by atoms with E-state index in [9.17, 15) is 0 Å². The van der Waals surface area contributed by atoms with Crippen molar-refractivity contribution in [2.75, 3.05) is 7.11 Å². The molecule has 0 radical (unpaired) electrons. The fraction of sp³-hybridized carbons (Fsp3) is 0.316. The number of ether oxygens (including phenoxy) is 2. The molecule has 2 N–H and O–H groups in total. The number of aromatic amines is 1. The van der Waals surface area contributed by atoms with Crippen LogP contribution in [-0.2, 0) is 13.1 Å². The standard InChI is InChI=1S/C19H22BrN3O2/c1-12(2)25-18-9-14(20)13(8-17(18)24-3)10-21-11-19-22-15-6-4-5-7-16(15)23-19/h4-9,12,21H,10-11H2,1-3H3,(H,22,23). The smallest absolute Gasteiger partial charge is 0.162 e. The lowest BCUT2D eigenvalue weighted by Crippen LogP contribution is -2.14. The van der Waals surface area contributed by atoms with Crippen LogP contribution in [0.2, 0.25) is 0 Å². The van der Waals surface area contributed by atoms with Crippen LogP contribution in [0, 0.1) is 0 Å². The zero-order valence-electron chi connectivity index (χ0n) is 14.6. The lowest BCUT2D eigenvalue weighted by atomic mass is 10.2. The normalized spacial score (nSPS) is 11.2. The summed E-state index contributed by atoms with van der Waals surface area (Å²) in [5.74, 6) is 2.40. The largest absolute Gasteiger partial charge is 0.493 e. The highest BCUT2D eigenvalue weighted by atomic mass is 79.9. The van der Waals surface area contributed by atoms with Gasteiger partial charge < -0.3 is 19.8 Å². The van der Waals surface area contributed by atoms with Crippen LogP contribution in [0.4, 0.5) is 0 Å². The van der Waals surface area contributed by atoms with Crippen molar-refractivity contribution in [2.45, 2.75) is 33.0 Å². The molecule has 0 amide bonds. The minimum Gasteiger partial charge on any atom is -0.493 e. The van der Waals surface area contributed by atoms with Crippen molar-refractivity contribution in [1.29, 1.82) is 0 Å². The highest BCUT2D eigenvalue weighted by molar-refractivity contribution is 9.10. The molecule has 0 saturated carbocycles. The SMILES string of the molecule is COc1cc(CNCc2nc3ccccc3[nH]2)c(Br)cc1OC(C)C. The predicted molar refractivity (Wildman–Crippen MR) is 103 cm³/mol. The number of fused-ring (bicyclic) bond motifs is 1. The van der Waals surface area contributed by atoms with Gasteiger partial charge in [0.15, 0.2) is 11.5 Å². The minimum atomic E-state index is 0.0952. The Morgan fingerprint density at radius 3 is 2.68 bits per heavy atom. The van der Waals surface area contributed by atoms with Gasteiger partial charge in [0.2, 0.25) is 0 Å². The second-order valence-electron chi connectivity index (χ2n) is 6.07. The highest BCUT2D eigenvalue weighted by Crippen LogP contribution is 2.34. The maximum absolute atomic E-state index is 5.79. The molecule has 6 heteroatoms. The summed E-state index contributed by atoms with van der Waals surface area (Å²) in [5, 5.41) is 3.41. The number of hydrogen-bond donors (Lipinski definition) is 2. The zero-order chi connectivity index (χ0) is 17.8. The third-order valence-corrected chi connectivity index (χ3v) is 4.48. The first-order valence-corrected chi connectivity index (χ1v) is 9.03. The summed E-state index contributed by atoms with van der Waals surface area (Å²) in [6, 6.07) is 12.0. The number of rotatable bonds is 7. The van der Waals surface area contributed by atoms with Crippen LogP contribution >= 0.6 is 15.9 Å². The number of nitrogens with one attached hydrogen (secondary N) is 2. The Hall–Kier alpha value is -2.05. The molecule has 2 aromatic carbocycles. The molecule has 0 aliphatic heterocycles. The van der Waals surface area contributed by atoms with E-state index in [0.29, 0.717) is 13.1 Å². The first-order chi connectivity index (χ1) is 12.1. The summed E-state index contributed by atoms with van der Waals surface area (Å²) in [4.78, 5) is 7.89. The van der Waals surface area contributed by atoms with E-state index in [-0.39, 0.29) is 6.10 Å². The molecule has 0 saturated heterocycles. The number of methoxy groups -OCH3 is 1. The van der Waals surface area contributed by atoms with Crippen LogP contribution in [0.25, 0.3) is 11.0 Å². The number of halogens is 1. The van der Waals surface area contributed by atoms with Gasteiger partial charge in [0, 0.05) is 11.0 Å². The summed E-state index contributed by atoms with van der Waals surface area (Å²) in [6.45, 7) is 5.34. The number of para-hydroxylation sites is 2. The molecule has 0 aliphatic rings. The summed E-state index contributed by atoms with van der Waals surface area (Å²) in [5.41, 5.74) is 3.14. The Morgan fingerprint density at radius 2 is 1.96 bits per heavy atom. The maximum atomic E-state index is 5.79. The molecule has 0 fully saturated rings. The topological polar surface area (TPSA) is 59.2 Å². The fourth-order valence-corrected chi connectivity index (χ4v) is 3.09. The minimum absolute atomic E-state index is 0.0952. The third kappa shape index (κ3) is 4.32. The van der Waals surface area contributed by atoms with Gasteiger partial charge >= 0.3 is 0 Å². The summed E-state index contributed by atoms with van der Waals surface area (Å²) >= 11 is 3.62. The molecule has 0 bridgehead atoms. The molecule has 0 atom stereocenters. The lowest BCUT2D eigenvalue weighted by molar-refractivity contribution is 0.230. The van der Waals surface area contributed by atoms with E-state index in [0.717, 1.165) is 38.4 Å². The first kappa shape index (κ1) is 17.8. The van der Waals surface area contributed by atoms with Crippen molar-refractivity contribution < 1.29 is 9.47 Å². The summed E-state index contributed by atoms with van der Waals surface area (Å²) in [7, 11) is 1.65. The molecule has 0 aliphatic carbocycles. The maximum Gasteiger partial charge on any atom is 0.162 e. The Balaban J connectivity index is 1.68. The molecule has 1 heterocycles. The molecule has 5 nitrogen and oxygen atoms in total. The van der Waals surface area contributed by atoms with Crippen LogP contribution in [-0.4, -0.2) is 23.2 Å². The fourth-order valence-electron chi connectivity index (χ4n) is 2.62. The molecule has 0 unspecified atom stereocenters. The molecule has 3 rings (SSSR count). The number of nitrogens with zero attached hydrogens (tertiary/aromatic N) is 1. The number of hydrogen-bond acceptors (Lipinski definition) is 4. The molecular weight excluding hydrogens is 382 g/mol. The summed E-state index contributed by atoms with van der Waals surface area (Å²) in [6.07, 6.45) is 0.0952. The molecule has 1 aromatic heterocycles. The van der Waals surface area contributed by atoms with E-state index in [1.54, 1.807) is 7.11 Å². The van der Waals surface area contributed by atoms with Gasteiger partial charge in [-0.05, 0) is 43.7 Å². The number of aromatic nitrogens is 2.